The van der Waals surface area contributed by atoms with E-state index in [9.17, 15) is 23.2 Å². The molecule has 14 heteroatoms. The zero-order chi connectivity index (χ0) is 28.0. The topological polar surface area (TPSA) is 138 Å². The van der Waals surface area contributed by atoms with E-state index in [1.54, 1.807) is 6.20 Å². The number of pyridine rings is 1. The molecule has 0 saturated heterocycles. The molecule has 1 aromatic heterocycles. The van der Waals surface area contributed by atoms with Gasteiger partial charge >= 0.3 is 6.36 Å². The highest BCUT2D eigenvalue weighted by Crippen LogP contribution is 2.26. The Labute approximate surface area is 217 Å². The first-order valence-corrected chi connectivity index (χ1v) is 11.4. The van der Waals surface area contributed by atoms with Gasteiger partial charge in [-0.3, -0.25) is 15.0 Å². The third kappa shape index (κ3) is 11.3. The van der Waals surface area contributed by atoms with Gasteiger partial charge in [0.2, 0.25) is 0 Å². The molecule has 4 N–H and O–H groups in total. The molecule has 2 aromatic rings. The summed E-state index contributed by atoms with van der Waals surface area (Å²) in [6.07, 6.45) is -1.85. The van der Waals surface area contributed by atoms with Crippen LogP contribution in [-0.4, -0.2) is 72.4 Å². The molecule has 1 amide bonds. The average Bonchev–Trinajstić information content (AvgIpc) is 2.85. The normalized spacial score (nSPS) is 12.1. The molecule has 0 spiro atoms. The number of hydroxylamine groups is 2. The molecule has 11 nitrogen and oxygen atoms in total. The van der Waals surface area contributed by atoms with Crippen LogP contribution in [0, 0.1) is 6.92 Å². The summed E-state index contributed by atoms with van der Waals surface area (Å²) in [7, 11) is 1.27. The SMILES string of the molecule is Cc1ccc(CN/C(C(=O)NCCCO)=C(\N=C\OCCOc2cccc(OC(F)(F)F)c2)N(C)O)cn1. The van der Waals surface area contributed by atoms with Crippen LogP contribution < -0.4 is 20.1 Å². The van der Waals surface area contributed by atoms with Crippen molar-refractivity contribution in [2.24, 2.45) is 4.99 Å². The Morgan fingerprint density at radius 1 is 1.18 bits per heavy atom. The maximum absolute atomic E-state index is 12.8. The molecule has 0 aliphatic rings. The molecule has 0 aliphatic heterocycles. The summed E-state index contributed by atoms with van der Waals surface area (Å²) in [5, 5.41) is 25.3. The lowest BCUT2D eigenvalue weighted by atomic mass is 10.2. The second-order valence-corrected chi connectivity index (χ2v) is 7.69. The highest BCUT2D eigenvalue weighted by atomic mass is 19.4. The van der Waals surface area contributed by atoms with E-state index in [1.165, 1.54) is 19.2 Å². The Balaban J connectivity index is 2.02. The van der Waals surface area contributed by atoms with Gasteiger partial charge in [0.1, 0.15) is 30.4 Å². The van der Waals surface area contributed by atoms with E-state index in [2.05, 4.69) is 25.3 Å². The number of aliphatic hydroxyl groups is 1. The molecular formula is C24H30F3N5O6. The Morgan fingerprint density at radius 3 is 2.61 bits per heavy atom. The van der Waals surface area contributed by atoms with E-state index >= 15 is 0 Å². The summed E-state index contributed by atoms with van der Waals surface area (Å²) < 4.78 is 51.5. The number of aliphatic hydroxyl groups excluding tert-OH is 1. The lowest BCUT2D eigenvalue weighted by Crippen LogP contribution is -2.35. The summed E-state index contributed by atoms with van der Waals surface area (Å²) in [6.45, 7) is 2.05. The molecule has 0 bridgehead atoms. The van der Waals surface area contributed by atoms with Crippen LogP contribution in [0.1, 0.15) is 17.7 Å². The van der Waals surface area contributed by atoms with Gasteiger partial charge in [-0.1, -0.05) is 12.1 Å². The fraction of sp³-hybridized carbons (Fsp3) is 0.375. The quantitative estimate of drug-likeness (QED) is 0.0881. The van der Waals surface area contributed by atoms with Gasteiger partial charge in [0.25, 0.3) is 5.91 Å². The number of ether oxygens (including phenoxy) is 3. The average molecular weight is 542 g/mol. The van der Waals surface area contributed by atoms with E-state index in [1.807, 2.05) is 19.1 Å². The standard InChI is InChI=1S/C24H30F3N5O6/c1-17-7-8-18(14-29-17)15-30-21(23(34)28-9-4-10-33)22(32(2)35)31-16-36-11-12-37-19-5-3-6-20(13-19)38-24(25,26)27/h3,5-8,13-14,16,30,33,35H,4,9-12,15H2,1-2H3,(H,28,34)/b22-21+,31-16+. The number of halogens is 3. The highest BCUT2D eigenvalue weighted by molar-refractivity contribution is 5.93. The van der Waals surface area contributed by atoms with Crippen molar-refractivity contribution in [3.05, 3.63) is 65.4 Å². The number of nitrogens with one attached hydrogen (secondary N) is 2. The van der Waals surface area contributed by atoms with Gasteiger partial charge < -0.3 is 30.0 Å². The minimum atomic E-state index is -4.82. The van der Waals surface area contributed by atoms with Crippen LogP contribution in [-0.2, 0) is 16.1 Å². The number of aryl methyl sites for hydroxylation is 1. The largest absolute Gasteiger partial charge is 0.573 e. The van der Waals surface area contributed by atoms with Crippen LogP contribution >= 0.6 is 0 Å². The van der Waals surface area contributed by atoms with Gasteiger partial charge in [0.05, 0.1) is 0 Å². The summed E-state index contributed by atoms with van der Waals surface area (Å²) in [5.41, 5.74) is 1.54. The van der Waals surface area contributed by atoms with Crippen molar-refractivity contribution in [1.29, 1.82) is 0 Å². The van der Waals surface area contributed by atoms with Crippen molar-refractivity contribution < 1.29 is 42.5 Å². The number of hydrogen-bond donors (Lipinski definition) is 4. The van der Waals surface area contributed by atoms with Crippen LogP contribution in [0.2, 0.25) is 0 Å². The fourth-order valence-electron chi connectivity index (χ4n) is 2.84. The Bertz CT molecular complexity index is 1080. The Hall–Kier alpha value is -4.04. The maximum Gasteiger partial charge on any atom is 0.573 e. The van der Waals surface area contributed by atoms with Gasteiger partial charge in [-0.2, -0.15) is 4.99 Å². The molecule has 208 valence electrons. The monoisotopic (exact) mass is 541 g/mol. The van der Waals surface area contributed by atoms with Crippen molar-refractivity contribution in [2.75, 3.05) is 33.4 Å². The number of aliphatic imine (C=N–C) groups is 1. The van der Waals surface area contributed by atoms with Gasteiger partial charge in [-0.25, -0.2) is 5.06 Å². The van der Waals surface area contributed by atoms with Crippen LogP contribution in [0.25, 0.3) is 0 Å². The first-order chi connectivity index (χ1) is 18.1. The second kappa shape index (κ2) is 15.3. The summed E-state index contributed by atoms with van der Waals surface area (Å²) in [6, 6.07) is 8.67. The van der Waals surface area contributed by atoms with Crippen LogP contribution in [0.5, 0.6) is 11.5 Å². The van der Waals surface area contributed by atoms with Crippen LogP contribution in [0.4, 0.5) is 13.2 Å². The van der Waals surface area contributed by atoms with E-state index in [-0.39, 0.29) is 50.2 Å². The predicted octanol–water partition coefficient (Wildman–Crippen LogP) is 2.49. The number of carbonyl (C=O) groups is 1. The van der Waals surface area contributed by atoms with Crippen molar-refractivity contribution in [3.8, 4) is 11.5 Å². The van der Waals surface area contributed by atoms with Crippen molar-refractivity contribution in [2.45, 2.75) is 26.3 Å². The smallest absolute Gasteiger partial charge is 0.490 e. The first-order valence-electron chi connectivity index (χ1n) is 11.4. The van der Waals surface area contributed by atoms with Crippen molar-refractivity contribution >= 4 is 12.3 Å². The molecule has 0 unspecified atom stereocenters. The molecule has 0 atom stereocenters. The number of hydrogen-bond acceptors (Lipinski definition) is 10. The molecule has 1 aromatic carbocycles. The third-order valence-corrected chi connectivity index (χ3v) is 4.58. The number of carbonyl (C=O) groups excluding carboxylic acids is 1. The molecular weight excluding hydrogens is 511 g/mol. The van der Waals surface area contributed by atoms with Gasteiger partial charge in [-0.15, -0.1) is 13.2 Å². The lowest BCUT2D eigenvalue weighted by molar-refractivity contribution is -0.274. The van der Waals surface area contributed by atoms with E-state index < -0.39 is 18.0 Å². The van der Waals surface area contributed by atoms with Crippen molar-refractivity contribution in [1.82, 2.24) is 20.7 Å². The molecule has 2 rings (SSSR count). The van der Waals surface area contributed by atoms with Gasteiger partial charge in [-0.05, 0) is 37.1 Å². The van der Waals surface area contributed by atoms with Gasteiger partial charge in [0, 0.05) is 44.7 Å². The Morgan fingerprint density at radius 2 is 1.95 bits per heavy atom. The van der Waals surface area contributed by atoms with E-state index in [4.69, 9.17) is 14.6 Å². The number of alkyl halides is 3. The molecule has 1 heterocycles. The second-order valence-electron chi connectivity index (χ2n) is 7.69. The molecule has 0 aliphatic carbocycles. The minimum Gasteiger partial charge on any atom is -0.490 e. The fourth-order valence-corrected chi connectivity index (χ4v) is 2.84. The number of aromatic nitrogens is 1. The zero-order valence-corrected chi connectivity index (χ0v) is 20.9. The summed E-state index contributed by atoms with van der Waals surface area (Å²) >= 11 is 0. The lowest BCUT2D eigenvalue weighted by Gasteiger charge is -2.18. The van der Waals surface area contributed by atoms with Gasteiger partial charge in [0.15, 0.2) is 12.2 Å². The molecule has 0 fully saturated rings. The summed E-state index contributed by atoms with van der Waals surface area (Å²) in [4.78, 5) is 21.0. The van der Waals surface area contributed by atoms with Crippen molar-refractivity contribution in [3.63, 3.8) is 0 Å². The first kappa shape index (κ1) is 30.2. The number of amides is 1. The highest BCUT2D eigenvalue weighted by Gasteiger charge is 2.31. The van der Waals surface area contributed by atoms with Crippen LogP contribution in [0.15, 0.2) is 59.1 Å². The molecule has 0 saturated carbocycles. The zero-order valence-electron chi connectivity index (χ0n) is 20.9. The molecule has 38 heavy (non-hydrogen) atoms. The minimum absolute atomic E-state index is 0.0390. The molecule has 0 radical (unpaired) electrons. The predicted molar refractivity (Wildman–Crippen MR) is 130 cm³/mol. The summed E-state index contributed by atoms with van der Waals surface area (Å²) in [5.74, 6) is -1.02. The maximum atomic E-state index is 12.8. The Kier molecular flexibility index (Phi) is 12.1. The van der Waals surface area contributed by atoms with E-state index in [0.717, 1.165) is 29.8 Å². The number of benzene rings is 1. The number of rotatable bonds is 15. The third-order valence-electron chi connectivity index (χ3n) is 4.58. The van der Waals surface area contributed by atoms with Crippen LogP contribution in [0.3, 0.4) is 0 Å². The van der Waals surface area contributed by atoms with E-state index in [0.29, 0.717) is 11.5 Å². The number of nitrogens with zero attached hydrogens (tertiary/aromatic N) is 3.